The molecule has 0 aliphatic carbocycles. The summed E-state index contributed by atoms with van der Waals surface area (Å²) in [6, 6.07) is 27.3. The zero-order valence-electron chi connectivity index (χ0n) is 17.0. The molecule has 30 heavy (non-hydrogen) atoms. The second-order valence-electron chi connectivity index (χ2n) is 8.22. The summed E-state index contributed by atoms with van der Waals surface area (Å²) < 4.78 is 0. The van der Waals surface area contributed by atoms with Crippen molar-refractivity contribution in [3.05, 3.63) is 107 Å². The van der Waals surface area contributed by atoms with Crippen molar-refractivity contribution in [1.29, 1.82) is 0 Å². The first kappa shape index (κ1) is 21.1. The normalized spacial score (nSPS) is 17.0. The first-order valence-electron chi connectivity index (χ1n) is 10.5. The van der Waals surface area contributed by atoms with Gasteiger partial charge in [-0.05, 0) is 48.1 Å². The van der Waals surface area contributed by atoms with Crippen molar-refractivity contribution in [1.82, 2.24) is 4.90 Å². The molecule has 1 aliphatic rings. The smallest absolute Gasteiger partial charge is 0.116 e. The number of likely N-dealkylation sites (tertiary alicyclic amines) is 1. The van der Waals surface area contributed by atoms with E-state index in [1.165, 1.54) is 0 Å². The second kappa shape index (κ2) is 8.91. The van der Waals surface area contributed by atoms with Gasteiger partial charge in [0.25, 0.3) is 0 Å². The minimum Gasteiger partial charge on any atom is -0.385 e. The van der Waals surface area contributed by atoms with Gasteiger partial charge >= 0.3 is 0 Å². The van der Waals surface area contributed by atoms with Crippen molar-refractivity contribution in [3.63, 3.8) is 0 Å². The van der Waals surface area contributed by atoms with Gasteiger partial charge in [0, 0.05) is 24.7 Å². The Balaban J connectivity index is 1.45. The lowest BCUT2D eigenvalue weighted by Crippen LogP contribution is -2.44. The first-order valence-corrected chi connectivity index (χ1v) is 10.9. The van der Waals surface area contributed by atoms with E-state index in [4.69, 9.17) is 11.6 Å². The minimum atomic E-state index is -1.04. The van der Waals surface area contributed by atoms with Gasteiger partial charge in [0.15, 0.2) is 0 Å². The third kappa shape index (κ3) is 4.45. The molecule has 3 nitrogen and oxygen atoms in total. The molecular formula is C26H28ClNO2. The Morgan fingerprint density at radius 1 is 0.800 bits per heavy atom. The second-order valence-corrected chi connectivity index (χ2v) is 8.66. The fourth-order valence-corrected chi connectivity index (χ4v) is 4.52. The molecule has 1 heterocycles. The summed E-state index contributed by atoms with van der Waals surface area (Å²) in [6.45, 7) is 2.34. The first-order chi connectivity index (χ1) is 14.5. The van der Waals surface area contributed by atoms with Crippen molar-refractivity contribution >= 4 is 11.6 Å². The molecule has 0 radical (unpaired) electrons. The summed E-state index contributed by atoms with van der Waals surface area (Å²) in [5.74, 6) is 0. The highest BCUT2D eigenvalue weighted by atomic mass is 35.5. The molecule has 4 rings (SSSR count). The SMILES string of the molecule is OC1(c2ccc(Cl)cc2)CCN(CCC(O)(c2ccccc2)c2ccccc2)CC1. The van der Waals surface area contributed by atoms with E-state index in [-0.39, 0.29) is 0 Å². The number of benzene rings is 3. The van der Waals surface area contributed by atoms with Crippen molar-refractivity contribution in [2.24, 2.45) is 0 Å². The van der Waals surface area contributed by atoms with E-state index >= 15 is 0 Å². The van der Waals surface area contributed by atoms with Gasteiger partial charge in [-0.2, -0.15) is 0 Å². The maximum atomic E-state index is 11.7. The molecule has 3 aromatic rings. The van der Waals surface area contributed by atoms with Crippen LogP contribution in [-0.4, -0.2) is 34.7 Å². The van der Waals surface area contributed by atoms with Crippen LogP contribution in [0.3, 0.4) is 0 Å². The molecule has 1 saturated heterocycles. The highest BCUT2D eigenvalue weighted by molar-refractivity contribution is 6.30. The van der Waals surface area contributed by atoms with Gasteiger partial charge in [0.2, 0.25) is 0 Å². The quantitative estimate of drug-likeness (QED) is 0.591. The van der Waals surface area contributed by atoms with Crippen molar-refractivity contribution in [2.45, 2.75) is 30.5 Å². The van der Waals surface area contributed by atoms with Gasteiger partial charge in [-0.3, -0.25) is 0 Å². The van der Waals surface area contributed by atoms with Crippen molar-refractivity contribution in [2.75, 3.05) is 19.6 Å². The number of aliphatic hydroxyl groups is 2. The van der Waals surface area contributed by atoms with E-state index in [9.17, 15) is 10.2 Å². The maximum absolute atomic E-state index is 11.7. The average molecular weight is 422 g/mol. The minimum absolute atomic E-state index is 0.598. The lowest BCUT2D eigenvalue weighted by atomic mass is 9.82. The van der Waals surface area contributed by atoms with E-state index in [0.29, 0.717) is 24.3 Å². The van der Waals surface area contributed by atoms with Gasteiger partial charge in [-0.25, -0.2) is 0 Å². The van der Waals surface area contributed by atoms with E-state index < -0.39 is 11.2 Å². The lowest BCUT2D eigenvalue weighted by molar-refractivity contribution is -0.0315. The van der Waals surface area contributed by atoms with Crippen LogP contribution in [0.15, 0.2) is 84.9 Å². The Bertz CT molecular complexity index is 896. The van der Waals surface area contributed by atoms with Gasteiger partial charge in [0.1, 0.15) is 5.60 Å². The van der Waals surface area contributed by atoms with Crippen LogP contribution in [0.25, 0.3) is 0 Å². The zero-order valence-corrected chi connectivity index (χ0v) is 17.8. The zero-order chi connectivity index (χ0) is 21.0. The summed E-state index contributed by atoms with van der Waals surface area (Å²) in [5, 5.41) is 23.5. The Morgan fingerprint density at radius 3 is 1.80 bits per heavy atom. The summed E-state index contributed by atoms with van der Waals surface area (Å²) in [6.07, 6.45) is 1.94. The Hall–Kier alpha value is -2.17. The summed E-state index contributed by atoms with van der Waals surface area (Å²) in [7, 11) is 0. The molecule has 0 spiro atoms. The van der Waals surface area contributed by atoms with E-state index in [0.717, 1.165) is 36.3 Å². The number of rotatable bonds is 6. The van der Waals surface area contributed by atoms with Gasteiger partial charge in [-0.1, -0.05) is 84.4 Å². The fourth-order valence-electron chi connectivity index (χ4n) is 4.40. The highest BCUT2D eigenvalue weighted by Crippen LogP contribution is 2.36. The van der Waals surface area contributed by atoms with Crippen LogP contribution in [0.2, 0.25) is 5.02 Å². The molecule has 0 saturated carbocycles. The maximum Gasteiger partial charge on any atom is 0.116 e. The number of piperidine rings is 1. The van der Waals surface area contributed by atoms with Crippen LogP contribution >= 0.6 is 11.6 Å². The van der Waals surface area contributed by atoms with Crippen LogP contribution in [0.5, 0.6) is 0 Å². The van der Waals surface area contributed by atoms with Crippen LogP contribution in [0, 0.1) is 0 Å². The summed E-state index contributed by atoms with van der Waals surface area (Å²) in [4.78, 5) is 2.33. The predicted octanol–water partition coefficient (Wildman–Crippen LogP) is 4.95. The van der Waals surface area contributed by atoms with E-state index in [2.05, 4.69) is 4.90 Å². The molecule has 0 atom stereocenters. The van der Waals surface area contributed by atoms with E-state index in [1.807, 2.05) is 84.9 Å². The lowest BCUT2D eigenvalue weighted by Gasteiger charge is -2.40. The molecule has 3 aromatic carbocycles. The number of hydrogen-bond acceptors (Lipinski definition) is 3. The number of nitrogens with zero attached hydrogens (tertiary/aromatic N) is 1. The molecule has 156 valence electrons. The monoisotopic (exact) mass is 421 g/mol. The molecular weight excluding hydrogens is 394 g/mol. The molecule has 0 bridgehead atoms. The van der Waals surface area contributed by atoms with Crippen molar-refractivity contribution in [3.8, 4) is 0 Å². The molecule has 0 aromatic heterocycles. The summed E-state index contributed by atoms with van der Waals surface area (Å²) in [5.41, 5.74) is 0.899. The van der Waals surface area contributed by atoms with Crippen LogP contribution < -0.4 is 0 Å². The van der Waals surface area contributed by atoms with Crippen LogP contribution in [0.4, 0.5) is 0 Å². The Morgan fingerprint density at radius 2 is 1.30 bits per heavy atom. The number of halogens is 1. The highest BCUT2D eigenvalue weighted by Gasteiger charge is 2.36. The molecule has 1 aliphatic heterocycles. The fraction of sp³-hybridized carbons (Fsp3) is 0.308. The van der Waals surface area contributed by atoms with Gasteiger partial charge in [0.05, 0.1) is 5.60 Å². The molecule has 0 unspecified atom stereocenters. The standard InChI is InChI=1S/C26H28ClNO2/c27-24-13-11-21(12-14-24)25(29)15-18-28(19-16-25)20-17-26(30,22-7-3-1-4-8-22)23-9-5-2-6-10-23/h1-14,29-30H,15-20H2. The topological polar surface area (TPSA) is 43.7 Å². The molecule has 2 N–H and O–H groups in total. The predicted molar refractivity (Wildman–Crippen MR) is 122 cm³/mol. The van der Waals surface area contributed by atoms with Gasteiger partial charge < -0.3 is 15.1 Å². The van der Waals surface area contributed by atoms with Crippen LogP contribution in [-0.2, 0) is 11.2 Å². The van der Waals surface area contributed by atoms with E-state index in [1.54, 1.807) is 0 Å². The molecule has 0 amide bonds. The molecule has 4 heteroatoms. The number of hydrogen-bond donors (Lipinski definition) is 2. The summed E-state index contributed by atoms with van der Waals surface area (Å²) >= 11 is 5.99. The average Bonchev–Trinajstić information content (AvgIpc) is 2.80. The van der Waals surface area contributed by atoms with Crippen LogP contribution in [0.1, 0.15) is 36.0 Å². The molecule has 1 fully saturated rings. The largest absolute Gasteiger partial charge is 0.385 e. The third-order valence-corrected chi connectivity index (χ3v) is 6.61. The third-order valence-electron chi connectivity index (χ3n) is 6.36. The van der Waals surface area contributed by atoms with Crippen molar-refractivity contribution < 1.29 is 10.2 Å². The van der Waals surface area contributed by atoms with Gasteiger partial charge in [-0.15, -0.1) is 0 Å². The Labute approximate surface area is 183 Å². The Kier molecular flexibility index (Phi) is 6.26.